The van der Waals surface area contributed by atoms with Crippen LogP contribution in [-0.2, 0) is 0 Å². The van der Waals surface area contributed by atoms with Crippen LogP contribution in [0, 0.1) is 0 Å². The Morgan fingerprint density at radius 1 is 0.821 bits per heavy atom. The van der Waals surface area contributed by atoms with Gasteiger partial charge in [0.1, 0.15) is 0 Å². The third-order valence-corrected chi connectivity index (χ3v) is 4.41. The highest BCUT2D eigenvalue weighted by molar-refractivity contribution is 6.30. The number of hydrogen-bond donors (Lipinski definition) is 2. The van der Waals surface area contributed by atoms with Crippen LogP contribution < -0.4 is 20.1 Å². The van der Waals surface area contributed by atoms with Crippen LogP contribution in [0.1, 0.15) is 20.7 Å². The number of carbonyl (C=O) groups is 2. The summed E-state index contributed by atoms with van der Waals surface area (Å²) in [7, 11) is 0. The molecule has 0 bridgehead atoms. The Bertz CT molecular complexity index is 1050. The zero-order valence-corrected chi connectivity index (χ0v) is 15.3. The average Bonchev–Trinajstić information content (AvgIpc) is 3.16. The van der Waals surface area contributed by atoms with Crippen molar-refractivity contribution in [3.05, 3.63) is 82.9 Å². The van der Waals surface area contributed by atoms with Crippen LogP contribution in [0.4, 0.5) is 11.4 Å². The predicted octanol–water partition coefficient (Wildman–Crippen LogP) is 4.57. The molecule has 0 spiro atoms. The van der Waals surface area contributed by atoms with Gasteiger partial charge >= 0.3 is 0 Å². The average molecular weight is 395 g/mol. The molecular formula is C21H15ClN2O4. The van der Waals surface area contributed by atoms with E-state index in [1.807, 2.05) is 0 Å². The SMILES string of the molecule is O=C(Nc1ccccc1C(=O)Nc1ccc2c(c1)OCO2)c1ccc(Cl)cc1. The van der Waals surface area contributed by atoms with Gasteiger partial charge in [-0.25, -0.2) is 0 Å². The van der Waals surface area contributed by atoms with Crippen molar-refractivity contribution in [3.8, 4) is 11.5 Å². The van der Waals surface area contributed by atoms with E-state index in [1.165, 1.54) is 0 Å². The summed E-state index contributed by atoms with van der Waals surface area (Å²) >= 11 is 5.85. The fourth-order valence-electron chi connectivity index (χ4n) is 2.76. The second-order valence-corrected chi connectivity index (χ2v) is 6.47. The Morgan fingerprint density at radius 3 is 2.39 bits per heavy atom. The molecule has 0 radical (unpaired) electrons. The fourth-order valence-corrected chi connectivity index (χ4v) is 2.88. The third-order valence-electron chi connectivity index (χ3n) is 4.16. The Labute approximate surface area is 166 Å². The monoisotopic (exact) mass is 394 g/mol. The van der Waals surface area contributed by atoms with Gasteiger partial charge in [0.2, 0.25) is 6.79 Å². The second-order valence-electron chi connectivity index (χ2n) is 6.03. The molecule has 0 saturated carbocycles. The number of hydrogen-bond acceptors (Lipinski definition) is 4. The summed E-state index contributed by atoms with van der Waals surface area (Å²) in [6.07, 6.45) is 0. The lowest BCUT2D eigenvalue weighted by atomic mass is 10.1. The van der Waals surface area contributed by atoms with Crippen LogP contribution in [0.2, 0.25) is 5.02 Å². The molecule has 3 aromatic carbocycles. The van der Waals surface area contributed by atoms with Gasteiger partial charge in [-0.1, -0.05) is 23.7 Å². The molecule has 4 rings (SSSR count). The van der Waals surface area contributed by atoms with E-state index in [4.69, 9.17) is 21.1 Å². The minimum Gasteiger partial charge on any atom is -0.454 e. The van der Waals surface area contributed by atoms with Gasteiger partial charge in [0.25, 0.3) is 11.8 Å². The number of para-hydroxylation sites is 1. The predicted molar refractivity (Wildman–Crippen MR) is 106 cm³/mol. The van der Waals surface area contributed by atoms with Crippen LogP contribution in [-0.4, -0.2) is 18.6 Å². The lowest BCUT2D eigenvalue weighted by Crippen LogP contribution is -2.18. The number of carbonyl (C=O) groups excluding carboxylic acids is 2. The van der Waals surface area contributed by atoms with Crippen molar-refractivity contribution in [2.24, 2.45) is 0 Å². The van der Waals surface area contributed by atoms with Gasteiger partial charge in [-0.15, -0.1) is 0 Å². The van der Waals surface area contributed by atoms with Crippen LogP contribution >= 0.6 is 11.6 Å². The van der Waals surface area contributed by atoms with Gasteiger partial charge in [-0.3, -0.25) is 9.59 Å². The van der Waals surface area contributed by atoms with Crippen molar-refractivity contribution in [1.29, 1.82) is 0 Å². The fraction of sp³-hybridized carbons (Fsp3) is 0.0476. The van der Waals surface area contributed by atoms with Crippen LogP contribution in [0.5, 0.6) is 11.5 Å². The highest BCUT2D eigenvalue weighted by Crippen LogP contribution is 2.34. The van der Waals surface area contributed by atoms with Gasteiger partial charge in [0.15, 0.2) is 11.5 Å². The summed E-state index contributed by atoms with van der Waals surface area (Å²) in [6, 6.07) is 18.4. The number of amides is 2. The minimum absolute atomic E-state index is 0.159. The van der Waals surface area contributed by atoms with Crippen molar-refractivity contribution < 1.29 is 19.1 Å². The second kappa shape index (κ2) is 7.62. The Morgan fingerprint density at radius 2 is 1.57 bits per heavy atom. The summed E-state index contributed by atoms with van der Waals surface area (Å²) in [4.78, 5) is 25.2. The summed E-state index contributed by atoms with van der Waals surface area (Å²) in [5, 5.41) is 6.11. The van der Waals surface area contributed by atoms with Crippen molar-refractivity contribution in [2.75, 3.05) is 17.4 Å². The summed E-state index contributed by atoms with van der Waals surface area (Å²) in [5.74, 6) is 0.515. The van der Waals surface area contributed by atoms with Gasteiger partial charge in [-0.05, 0) is 48.5 Å². The van der Waals surface area contributed by atoms with E-state index >= 15 is 0 Å². The molecule has 0 atom stereocenters. The van der Waals surface area contributed by atoms with E-state index in [0.29, 0.717) is 39.0 Å². The zero-order chi connectivity index (χ0) is 19.5. The Balaban J connectivity index is 1.52. The molecule has 2 amide bonds. The topological polar surface area (TPSA) is 76.7 Å². The van der Waals surface area contributed by atoms with E-state index in [9.17, 15) is 9.59 Å². The number of benzene rings is 3. The molecule has 6 nitrogen and oxygen atoms in total. The molecule has 1 aliphatic heterocycles. The summed E-state index contributed by atoms with van der Waals surface area (Å²) < 4.78 is 10.6. The molecule has 3 aromatic rings. The van der Waals surface area contributed by atoms with Gasteiger partial charge in [0.05, 0.1) is 11.3 Å². The molecule has 0 aromatic heterocycles. The molecule has 0 aliphatic carbocycles. The van der Waals surface area contributed by atoms with Crippen LogP contribution in [0.15, 0.2) is 66.7 Å². The molecule has 0 saturated heterocycles. The number of fused-ring (bicyclic) bond motifs is 1. The third kappa shape index (κ3) is 3.77. The molecule has 1 heterocycles. The Kier molecular flexibility index (Phi) is 4.87. The molecule has 7 heteroatoms. The van der Waals surface area contributed by atoms with Crippen LogP contribution in [0.25, 0.3) is 0 Å². The maximum atomic E-state index is 12.7. The lowest BCUT2D eigenvalue weighted by molar-refractivity contribution is 0.102. The van der Waals surface area contributed by atoms with Gasteiger partial charge in [0, 0.05) is 22.3 Å². The van der Waals surface area contributed by atoms with Crippen molar-refractivity contribution >= 4 is 34.8 Å². The number of halogens is 1. The molecule has 1 aliphatic rings. The maximum absolute atomic E-state index is 12.7. The smallest absolute Gasteiger partial charge is 0.257 e. The van der Waals surface area contributed by atoms with E-state index in [1.54, 1.807) is 66.7 Å². The van der Waals surface area contributed by atoms with Crippen molar-refractivity contribution in [3.63, 3.8) is 0 Å². The highest BCUT2D eigenvalue weighted by atomic mass is 35.5. The van der Waals surface area contributed by atoms with E-state index in [0.717, 1.165) is 0 Å². The molecule has 0 unspecified atom stereocenters. The maximum Gasteiger partial charge on any atom is 0.257 e. The summed E-state index contributed by atoms with van der Waals surface area (Å²) in [5.41, 5.74) is 1.74. The van der Waals surface area contributed by atoms with Gasteiger partial charge < -0.3 is 20.1 Å². The van der Waals surface area contributed by atoms with Crippen LogP contribution in [0.3, 0.4) is 0 Å². The van der Waals surface area contributed by atoms with E-state index in [-0.39, 0.29) is 18.6 Å². The first-order valence-electron chi connectivity index (χ1n) is 8.47. The standard InChI is InChI=1S/C21H15ClN2O4/c22-14-7-5-13(6-8-14)20(25)24-17-4-2-1-3-16(17)21(26)23-15-9-10-18-19(11-15)28-12-27-18/h1-11H,12H2,(H,23,26)(H,24,25). The molecule has 140 valence electrons. The molecule has 0 fully saturated rings. The van der Waals surface area contributed by atoms with E-state index < -0.39 is 0 Å². The first-order chi connectivity index (χ1) is 13.6. The highest BCUT2D eigenvalue weighted by Gasteiger charge is 2.17. The zero-order valence-electron chi connectivity index (χ0n) is 14.6. The number of rotatable bonds is 4. The van der Waals surface area contributed by atoms with E-state index in [2.05, 4.69) is 10.6 Å². The molecule has 28 heavy (non-hydrogen) atoms. The number of ether oxygens (including phenoxy) is 2. The lowest BCUT2D eigenvalue weighted by Gasteiger charge is -2.12. The van der Waals surface area contributed by atoms with Crippen molar-refractivity contribution in [1.82, 2.24) is 0 Å². The first kappa shape index (κ1) is 17.9. The Hall–Kier alpha value is -3.51. The van der Waals surface area contributed by atoms with Crippen molar-refractivity contribution in [2.45, 2.75) is 0 Å². The van der Waals surface area contributed by atoms with Gasteiger partial charge in [-0.2, -0.15) is 0 Å². The number of nitrogens with one attached hydrogen (secondary N) is 2. The molecule has 2 N–H and O–H groups in total. The number of anilines is 2. The minimum atomic E-state index is -0.356. The molecular weight excluding hydrogens is 380 g/mol. The largest absolute Gasteiger partial charge is 0.454 e. The first-order valence-corrected chi connectivity index (χ1v) is 8.85. The quantitative estimate of drug-likeness (QED) is 0.679. The normalized spacial score (nSPS) is 11.8. The summed E-state index contributed by atoms with van der Waals surface area (Å²) in [6.45, 7) is 0.159.